The lowest BCUT2D eigenvalue weighted by molar-refractivity contribution is -0.126. The molecule has 6 heteroatoms. The molecule has 2 fully saturated rings. The maximum atomic E-state index is 12.0. The third kappa shape index (κ3) is 2.84. The largest absolute Gasteiger partial charge is 0.495 e. The summed E-state index contributed by atoms with van der Waals surface area (Å²) in [6.45, 7) is 3.21. The van der Waals surface area contributed by atoms with Gasteiger partial charge in [-0.3, -0.25) is 9.48 Å². The Bertz CT molecular complexity index is 833. The number of halogens is 1. The summed E-state index contributed by atoms with van der Waals surface area (Å²) in [5, 5.41) is 5.94. The topological polar surface area (TPSA) is 47.4 Å². The Morgan fingerprint density at radius 3 is 2.84 bits per heavy atom. The van der Waals surface area contributed by atoms with Gasteiger partial charge in [-0.1, -0.05) is 6.92 Å². The molecule has 1 aromatic carbocycles. The van der Waals surface area contributed by atoms with Crippen LogP contribution in [0.15, 0.2) is 22.8 Å². The smallest absolute Gasteiger partial charge is 0.222 e. The van der Waals surface area contributed by atoms with E-state index >= 15 is 0 Å². The van der Waals surface area contributed by atoms with Crippen LogP contribution in [-0.2, 0) is 4.79 Å². The van der Waals surface area contributed by atoms with Crippen molar-refractivity contribution in [2.45, 2.75) is 38.6 Å². The van der Waals surface area contributed by atoms with E-state index in [1.165, 1.54) is 0 Å². The van der Waals surface area contributed by atoms with E-state index < -0.39 is 0 Å². The van der Waals surface area contributed by atoms with Gasteiger partial charge < -0.3 is 9.64 Å². The van der Waals surface area contributed by atoms with Crippen molar-refractivity contribution in [1.29, 1.82) is 0 Å². The first-order valence-corrected chi connectivity index (χ1v) is 9.66. The summed E-state index contributed by atoms with van der Waals surface area (Å²) in [5.41, 5.74) is 1.14. The molecule has 5 nitrogen and oxygen atoms in total. The molecule has 25 heavy (non-hydrogen) atoms. The molecule has 4 rings (SSSR count). The van der Waals surface area contributed by atoms with Crippen LogP contribution in [0.1, 0.15) is 38.6 Å². The van der Waals surface area contributed by atoms with Crippen molar-refractivity contribution in [3.8, 4) is 5.75 Å². The first-order valence-electron chi connectivity index (χ1n) is 8.87. The number of ether oxygens (including phenoxy) is 1. The summed E-state index contributed by atoms with van der Waals surface area (Å²) in [6.07, 6.45) is 6.13. The average molecular weight is 406 g/mol. The second-order valence-corrected chi connectivity index (χ2v) is 8.72. The molecular weight excluding hydrogens is 382 g/mol. The van der Waals surface area contributed by atoms with E-state index in [1.807, 2.05) is 18.0 Å². The number of hydrogen-bond donors (Lipinski definition) is 0. The van der Waals surface area contributed by atoms with Gasteiger partial charge in [0.2, 0.25) is 5.91 Å². The van der Waals surface area contributed by atoms with Gasteiger partial charge in [0, 0.05) is 37.7 Å². The average Bonchev–Trinajstić information content (AvgIpc) is 3.07. The SMILES string of the molecule is COc1cc2nn([C@@H]3CC[C@]4(CC(=O)N(C)C4)C[C@@H]3C)cc2cc1Br. The van der Waals surface area contributed by atoms with Gasteiger partial charge in [-0.15, -0.1) is 0 Å². The molecule has 0 radical (unpaired) electrons. The molecule has 1 aromatic heterocycles. The van der Waals surface area contributed by atoms with Gasteiger partial charge in [-0.25, -0.2) is 0 Å². The van der Waals surface area contributed by atoms with Crippen molar-refractivity contribution in [2.75, 3.05) is 20.7 Å². The van der Waals surface area contributed by atoms with Gasteiger partial charge in [0.25, 0.3) is 0 Å². The van der Waals surface area contributed by atoms with E-state index in [4.69, 9.17) is 9.84 Å². The third-order valence-electron chi connectivity index (χ3n) is 6.04. The van der Waals surface area contributed by atoms with Crippen molar-refractivity contribution >= 4 is 32.7 Å². The van der Waals surface area contributed by atoms with Crippen LogP contribution in [0.25, 0.3) is 10.9 Å². The van der Waals surface area contributed by atoms with E-state index in [1.54, 1.807) is 7.11 Å². The maximum Gasteiger partial charge on any atom is 0.222 e. The van der Waals surface area contributed by atoms with Gasteiger partial charge in [0.15, 0.2) is 0 Å². The third-order valence-corrected chi connectivity index (χ3v) is 6.66. The Hall–Kier alpha value is -1.56. The Morgan fingerprint density at radius 1 is 1.40 bits per heavy atom. The van der Waals surface area contributed by atoms with Crippen molar-refractivity contribution in [3.63, 3.8) is 0 Å². The quantitative estimate of drug-likeness (QED) is 0.757. The highest BCUT2D eigenvalue weighted by molar-refractivity contribution is 9.10. The summed E-state index contributed by atoms with van der Waals surface area (Å²) in [7, 11) is 3.60. The summed E-state index contributed by atoms with van der Waals surface area (Å²) < 4.78 is 8.46. The molecule has 2 heterocycles. The zero-order chi connectivity index (χ0) is 17.8. The molecule has 0 bridgehead atoms. The molecule has 3 atom stereocenters. The predicted octanol–water partition coefficient (Wildman–Crippen LogP) is 4.02. The van der Waals surface area contributed by atoms with Crippen LogP contribution >= 0.6 is 15.9 Å². The number of nitrogens with zero attached hydrogens (tertiary/aromatic N) is 3. The van der Waals surface area contributed by atoms with Gasteiger partial charge in [0.1, 0.15) is 5.75 Å². The molecule has 2 aromatic rings. The van der Waals surface area contributed by atoms with Gasteiger partial charge in [-0.2, -0.15) is 5.10 Å². The Balaban J connectivity index is 1.59. The minimum atomic E-state index is 0.181. The summed E-state index contributed by atoms with van der Waals surface area (Å²) in [4.78, 5) is 13.9. The molecule has 0 unspecified atom stereocenters. The van der Waals surface area contributed by atoms with Gasteiger partial charge >= 0.3 is 0 Å². The standard InChI is InChI=1S/C19H24BrN3O2/c1-12-8-19(9-18(24)22(2)11-19)5-4-16(12)23-10-13-6-14(20)17(25-3)7-15(13)21-23/h6-7,10,12,16H,4-5,8-9,11H2,1-3H3/t12-,16+,19+/m0/s1. The van der Waals surface area contributed by atoms with E-state index in [9.17, 15) is 4.79 Å². The number of hydrogen-bond acceptors (Lipinski definition) is 3. The van der Waals surface area contributed by atoms with Gasteiger partial charge in [-0.05, 0) is 52.6 Å². The van der Waals surface area contributed by atoms with Crippen molar-refractivity contribution < 1.29 is 9.53 Å². The number of amides is 1. The highest BCUT2D eigenvalue weighted by atomic mass is 79.9. The molecule has 2 aliphatic rings. The fraction of sp³-hybridized carbons (Fsp3) is 0.579. The van der Waals surface area contributed by atoms with Crippen LogP contribution in [0, 0.1) is 11.3 Å². The Morgan fingerprint density at radius 2 is 2.20 bits per heavy atom. The van der Waals surface area contributed by atoms with E-state index in [-0.39, 0.29) is 5.41 Å². The molecule has 1 saturated carbocycles. The lowest BCUT2D eigenvalue weighted by Gasteiger charge is -2.40. The number of rotatable bonds is 2. The first-order chi connectivity index (χ1) is 11.9. The highest BCUT2D eigenvalue weighted by Crippen LogP contribution is 2.49. The lowest BCUT2D eigenvalue weighted by Crippen LogP contribution is -2.35. The first kappa shape index (κ1) is 16.9. The minimum absolute atomic E-state index is 0.181. The summed E-state index contributed by atoms with van der Waals surface area (Å²) >= 11 is 3.55. The Kier molecular flexibility index (Phi) is 4.06. The normalized spacial score (nSPS) is 29.8. The number of fused-ring (bicyclic) bond motifs is 1. The molecule has 134 valence electrons. The van der Waals surface area contributed by atoms with Crippen LogP contribution in [-0.4, -0.2) is 41.3 Å². The molecule has 0 N–H and O–H groups in total. The predicted molar refractivity (Wildman–Crippen MR) is 101 cm³/mol. The molecule has 1 aliphatic carbocycles. The zero-order valence-corrected chi connectivity index (χ0v) is 16.5. The molecule has 1 spiro atoms. The molecule has 1 aliphatic heterocycles. The van der Waals surface area contributed by atoms with E-state index in [2.05, 4.69) is 39.8 Å². The van der Waals surface area contributed by atoms with Crippen LogP contribution in [0.5, 0.6) is 5.75 Å². The van der Waals surface area contributed by atoms with Crippen molar-refractivity contribution in [3.05, 3.63) is 22.8 Å². The fourth-order valence-electron chi connectivity index (χ4n) is 4.83. The lowest BCUT2D eigenvalue weighted by atomic mass is 9.67. The van der Waals surface area contributed by atoms with Crippen LogP contribution < -0.4 is 4.74 Å². The zero-order valence-electron chi connectivity index (χ0n) is 15.0. The number of methoxy groups -OCH3 is 1. The van der Waals surface area contributed by atoms with Gasteiger partial charge in [0.05, 0.1) is 23.1 Å². The number of likely N-dealkylation sites (tertiary alicyclic amines) is 1. The Labute approximate surface area is 156 Å². The highest BCUT2D eigenvalue weighted by Gasteiger charge is 2.46. The number of carbonyl (C=O) groups excluding carboxylic acids is 1. The van der Waals surface area contributed by atoms with Crippen LogP contribution in [0.4, 0.5) is 0 Å². The summed E-state index contributed by atoms with van der Waals surface area (Å²) in [5.74, 6) is 1.61. The monoisotopic (exact) mass is 405 g/mol. The van der Waals surface area contributed by atoms with E-state index in [0.29, 0.717) is 24.3 Å². The van der Waals surface area contributed by atoms with Crippen molar-refractivity contribution in [1.82, 2.24) is 14.7 Å². The van der Waals surface area contributed by atoms with Crippen molar-refractivity contribution in [2.24, 2.45) is 11.3 Å². The number of benzene rings is 1. The fourth-order valence-corrected chi connectivity index (χ4v) is 5.35. The number of carbonyl (C=O) groups is 1. The second-order valence-electron chi connectivity index (χ2n) is 7.87. The molecule has 1 saturated heterocycles. The second kappa shape index (κ2) is 6.01. The maximum absolute atomic E-state index is 12.0. The summed E-state index contributed by atoms with van der Waals surface area (Å²) in [6, 6.07) is 4.44. The minimum Gasteiger partial charge on any atom is -0.495 e. The van der Waals surface area contributed by atoms with E-state index in [0.717, 1.165) is 46.9 Å². The number of aromatic nitrogens is 2. The molecule has 1 amide bonds. The molecular formula is C19H24BrN3O2. The van der Waals surface area contributed by atoms with Crippen LogP contribution in [0.3, 0.4) is 0 Å². The van der Waals surface area contributed by atoms with Crippen LogP contribution in [0.2, 0.25) is 0 Å².